The number of aldehydes is 1. The van der Waals surface area contributed by atoms with Crippen LogP contribution in [-0.2, 0) is 4.79 Å². The van der Waals surface area contributed by atoms with Crippen LogP contribution in [0.15, 0.2) is 48.5 Å². The van der Waals surface area contributed by atoms with E-state index in [1.807, 2.05) is 36.4 Å². The molecule has 0 fully saturated rings. The Hall–Kier alpha value is -2.79. The summed E-state index contributed by atoms with van der Waals surface area (Å²) < 4.78 is 0. The Morgan fingerprint density at radius 3 is 2.59 bits per heavy atom. The number of pyridine rings is 1. The Kier molecular flexibility index (Phi) is 5.16. The second kappa shape index (κ2) is 7.28. The van der Waals surface area contributed by atoms with Crippen LogP contribution >= 0.6 is 0 Å². The maximum atomic E-state index is 11.8. The highest BCUT2D eigenvalue weighted by molar-refractivity contribution is 6.00. The Bertz CT molecular complexity index is 815. The summed E-state index contributed by atoms with van der Waals surface area (Å²) >= 11 is 0. The third-order valence-corrected chi connectivity index (χ3v) is 3.13. The van der Waals surface area contributed by atoms with Gasteiger partial charge in [-0.2, -0.15) is 0 Å². The monoisotopic (exact) mass is 296 g/mol. The summed E-state index contributed by atoms with van der Waals surface area (Å²) in [6.07, 6.45) is 0.657. The lowest BCUT2D eigenvalue weighted by Crippen LogP contribution is -2.24. The van der Waals surface area contributed by atoms with E-state index in [0.29, 0.717) is 11.8 Å². The van der Waals surface area contributed by atoms with Crippen LogP contribution in [0.4, 0.5) is 0 Å². The van der Waals surface area contributed by atoms with Crippen molar-refractivity contribution in [2.45, 2.75) is 0 Å². The number of hydrogen-bond acceptors (Lipinski definition) is 4. The van der Waals surface area contributed by atoms with E-state index >= 15 is 0 Å². The first-order valence-electron chi connectivity index (χ1n) is 6.74. The summed E-state index contributed by atoms with van der Waals surface area (Å²) in [5, 5.41) is 11.6. The van der Waals surface area contributed by atoms with E-state index in [2.05, 4.69) is 10.3 Å². The van der Waals surface area contributed by atoms with Crippen LogP contribution in [0.25, 0.3) is 21.8 Å². The smallest absolute Gasteiger partial charge is 0.251 e. The molecule has 1 heterocycles. The fourth-order valence-electron chi connectivity index (χ4n) is 2.15. The number of carbonyl (C=O) groups excluding carboxylic acids is 2. The van der Waals surface area contributed by atoms with E-state index < -0.39 is 0 Å². The van der Waals surface area contributed by atoms with Crippen molar-refractivity contribution in [3.8, 4) is 0 Å². The summed E-state index contributed by atoms with van der Waals surface area (Å²) in [4.78, 5) is 26.6. The maximum Gasteiger partial charge on any atom is 0.251 e. The number of hydrogen-bond donors (Lipinski definition) is 2. The second-order valence-electron chi connectivity index (χ2n) is 4.47. The van der Waals surface area contributed by atoms with Gasteiger partial charge in [-0.3, -0.25) is 4.79 Å². The SMILES string of the molecule is CO.O=CCNC(=O)c1ccc2cc3ccccc3nc2c1. The molecule has 5 nitrogen and oxygen atoms in total. The third-order valence-electron chi connectivity index (χ3n) is 3.13. The van der Waals surface area contributed by atoms with Gasteiger partial charge >= 0.3 is 0 Å². The summed E-state index contributed by atoms with van der Waals surface area (Å²) in [5.74, 6) is -0.269. The number of nitrogens with one attached hydrogen (secondary N) is 1. The van der Waals surface area contributed by atoms with Crippen molar-refractivity contribution >= 4 is 34.0 Å². The average Bonchev–Trinajstić information content (AvgIpc) is 2.59. The van der Waals surface area contributed by atoms with E-state index in [4.69, 9.17) is 5.11 Å². The number of rotatable bonds is 3. The molecule has 2 aromatic carbocycles. The van der Waals surface area contributed by atoms with Gasteiger partial charge in [0.15, 0.2) is 0 Å². The van der Waals surface area contributed by atoms with Gasteiger partial charge in [-0.15, -0.1) is 0 Å². The molecule has 0 bridgehead atoms. The lowest BCUT2D eigenvalue weighted by molar-refractivity contribution is -0.107. The fraction of sp³-hybridized carbons (Fsp3) is 0.118. The van der Waals surface area contributed by atoms with Gasteiger partial charge in [0.25, 0.3) is 5.91 Å². The summed E-state index contributed by atoms with van der Waals surface area (Å²) in [5.41, 5.74) is 2.16. The molecule has 0 spiro atoms. The number of aromatic nitrogens is 1. The minimum absolute atomic E-state index is 0.0159. The molecule has 1 aromatic heterocycles. The predicted octanol–water partition coefficient (Wildman–Crippen LogP) is 1.93. The second-order valence-corrected chi connectivity index (χ2v) is 4.47. The molecule has 2 N–H and O–H groups in total. The molecular formula is C17H16N2O3. The third kappa shape index (κ3) is 3.27. The number of fused-ring (bicyclic) bond motifs is 2. The quantitative estimate of drug-likeness (QED) is 0.572. The van der Waals surface area contributed by atoms with Crippen molar-refractivity contribution in [3.05, 3.63) is 54.1 Å². The first kappa shape index (κ1) is 15.6. The van der Waals surface area contributed by atoms with E-state index in [1.54, 1.807) is 12.1 Å². The molecule has 3 rings (SSSR count). The predicted molar refractivity (Wildman–Crippen MR) is 85.8 cm³/mol. The van der Waals surface area contributed by atoms with Gasteiger partial charge in [-0.25, -0.2) is 4.98 Å². The highest BCUT2D eigenvalue weighted by Gasteiger charge is 2.07. The molecule has 3 aromatic rings. The van der Waals surface area contributed by atoms with Crippen molar-refractivity contribution in [3.63, 3.8) is 0 Å². The number of benzene rings is 2. The van der Waals surface area contributed by atoms with Gasteiger partial charge in [0.05, 0.1) is 17.6 Å². The molecule has 0 aliphatic heterocycles. The van der Waals surface area contributed by atoms with Crippen molar-refractivity contribution in [2.75, 3.05) is 13.7 Å². The van der Waals surface area contributed by atoms with Gasteiger partial charge in [-0.05, 0) is 24.3 Å². The normalized spacial score (nSPS) is 9.91. The van der Waals surface area contributed by atoms with Crippen LogP contribution in [-0.4, -0.2) is 35.9 Å². The summed E-state index contributed by atoms with van der Waals surface area (Å²) in [6, 6.07) is 15.2. The summed E-state index contributed by atoms with van der Waals surface area (Å²) in [6.45, 7) is 0.0159. The molecule has 0 aliphatic rings. The zero-order valence-corrected chi connectivity index (χ0v) is 12.1. The highest BCUT2D eigenvalue weighted by atomic mass is 16.2. The molecule has 0 radical (unpaired) electrons. The van der Waals surface area contributed by atoms with E-state index in [-0.39, 0.29) is 12.5 Å². The number of nitrogens with zero attached hydrogens (tertiary/aromatic N) is 1. The number of aliphatic hydroxyl groups excluding tert-OH is 1. The van der Waals surface area contributed by atoms with E-state index in [9.17, 15) is 9.59 Å². The van der Waals surface area contributed by atoms with Crippen LogP contribution < -0.4 is 5.32 Å². The number of carbonyl (C=O) groups is 2. The molecule has 22 heavy (non-hydrogen) atoms. The Morgan fingerprint density at radius 2 is 1.82 bits per heavy atom. The zero-order chi connectivity index (χ0) is 15.9. The lowest BCUT2D eigenvalue weighted by atomic mass is 10.1. The van der Waals surface area contributed by atoms with Crippen LogP contribution in [0.3, 0.4) is 0 Å². The number of para-hydroxylation sites is 1. The van der Waals surface area contributed by atoms with Gasteiger partial charge in [0.1, 0.15) is 6.29 Å². The molecule has 0 atom stereocenters. The van der Waals surface area contributed by atoms with Crippen molar-refractivity contribution in [2.24, 2.45) is 0 Å². The van der Waals surface area contributed by atoms with Crippen molar-refractivity contribution in [1.82, 2.24) is 10.3 Å². The molecule has 0 saturated carbocycles. The molecule has 0 saturated heterocycles. The van der Waals surface area contributed by atoms with Crippen LogP contribution in [0.1, 0.15) is 10.4 Å². The van der Waals surface area contributed by atoms with Gasteiger partial charge < -0.3 is 15.2 Å². The minimum Gasteiger partial charge on any atom is -0.400 e. The molecular weight excluding hydrogens is 280 g/mol. The van der Waals surface area contributed by atoms with Crippen LogP contribution in [0.5, 0.6) is 0 Å². The zero-order valence-electron chi connectivity index (χ0n) is 12.1. The Labute approximate surface area is 127 Å². The molecule has 0 aliphatic carbocycles. The van der Waals surface area contributed by atoms with Gasteiger partial charge in [0.2, 0.25) is 0 Å². The lowest BCUT2D eigenvalue weighted by Gasteiger charge is -2.05. The van der Waals surface area contributed by atoms with Crippen LogP contribution in [0, 0.1) is 0 Å². The highest BCUT2D eigenvalue weighted by Crippen LogP contribution is 2.20. The minimum atomic E-state index is -0.269. The molecule has 112 valence electrons. The van der Waals surface area contributed by atoms with E-state index in [0.717, 1.165) is 28.9 Å². The average molecular weight is 296 g/mol. The standard InChI is InChI=1S/C16H12N2O2.CH4O/c19-8-7-17-16(20)13-6-5-12-9-11-3-1-2-4-14(11)18-15(12)10-13;1-2/h1-6,8-10H,7H2,(H,17,20);2H,1H3. The van der Waals surface area contributed by atoms with Crippen LogP contribution in [0.2, 0.25) is 0 Å². The topological polar surface area (TPSA) is 79.3 Å². The first-order valence-corrected chi connectivity index (χ1v) is 6.74. The summed E-state index contributed by atoms with van der Waals surface area (Å²) in [7, 11) is 1.00. The molecule has 0 unspecified atom stereocenters. The maximum absolute atomic E-state index is 11.8. The van der Waals surface area contributed by atoms with Crippen molar-refractivity contribution in [1.29, 1.82) is 0 Å². The largest absolute Gasteiger partial charge is 0.400 e. The Balaban J connectivity index is 0.000000847. The van der Waals surface area contributed by atoms with E-state index in [1.165, 1.54) is 0 Å². The fourth-order valence-corrected chi connectivity index (χ4v) is 2.15. The van der Waals surface area contributed by atoms with Crippen molar-refractivity contribution < 1.29 is 14.7 Å². The molecule has 1 amide bonds. The van der Waals surface area contributed by atoms with Gasteiger partial charge in [-0.1, -0.05) is 24.3 Å². The molecule has 5 heteroatoms. The first-order chi connectivity index (χ1) is 10.8. The number of aliphatic hydroxyl groups is 1. The number of amides is 1. The van der Waals surface area contributed by atoms with Gasteiger partial charge in [0, 0.05) is 23.4 Å². The Morgan fingerprint density at radius 1 is 1.09 bits per heavy atom.